The van der Waals surface area contributed by atoms with E-state index in [-0.39, 0.29) is 0 Å². The number of H-pyrrole nitrogens is 1. The lowest BCUT2D eigenvalue weighted by atomic mass is 9.93. The van der Waals surface area contributed by atoms with E-state index in [0.717, 1.165) is 18.4 Å². The summed E-state index contributed by atoms with van der Waals surface area (Å²) in [7, 11) is 5.70. The number of aromatic nitrogens is 1. The minimum absolute atomic E-state index is 0.291. The van der Waals surface area contributed by atoms with E-state index in [1.807, 2.05) is 0 Å². The van der Waals surface area contributed by atoms with Crippen LogP contribution in [-0.2, 0) is 0 Å². The van der Waals surface area contributed by atoms with Crippen LogP contribution in [0, 0.1) is 5.82 Å². The zero-order chi connectivity index (χ0) is 11.5. The first-order chi connectivity index (χ1) is 7.74. The van der Waals surface area contributed by atoms with E-state index in [2.05, 4.69) is 11.9 Å². The quantitative estimate of drug-likeness (QED) is 0.616. The van der Waals surface area contributed by atoms with E-state index in [0.29, 0.717) is 23.2 Å². The minimum Gasteiger partial charge on any atom is -0.490 e. The van der Waals surface area contributed by atoms with Crippen molar-refractivity contribution in [1.29, 1.82) is 0 Å². The Morgan fingerprint density at radius 2 is 2.31 bits per heavy atom. The predicted octanol–water partition coefficient (Wildman–Crippen LogP) is 2.28. The van der Waals surface area contributed by atoms with Crippen LogP contribution in [0.2, 0.25) is 0 Å². The maximum atomic E-state index is 13.7. The monoisotopic (exact) mass is 217 g/mol. The highest BCUT2D eigenvalue weighted by atomic mass is 19.1. The average molecular weight is 217 g/mol. The molecule has 2 radical (unpaired) electrons. The highest BCUT2D eigenvalue weighted by Crippen LogP contribution is 2.26. The molecule has 1 N–H and O–H groups in total. The molecule has 2 nitrogen and oxygen atoms in total. The normalized spacial score (nSPS) is 10.9. The molecule has 0 aliphatic rings. The van der Waals surface area contributed by atoms with Gasteiger partial charge in [-0.05, 0) is 18.6 Å². The van der Waals surface area contributed by atoms with E-state index < -0.39 is 5.82 Å². The first-order valence-electron chi connectivity index (χ1n) is 5.42. The lowest BCUT2D eigenvalue weighted by molar-refractivity contribution is 0.298. The summed E-state index contributed by atoms with van der Waals surface area (Å²) in [4.78, 5) is 2.97. The third-order valence-electron chi connectivity index (χ3n) is 2.52. The molecule has 0 saturated carbocycles. The molecule has 0 atom stereocenters. The first-order valence-corrected chi connectivity index (χ1v) is 5.42. The summed E-state index contributed by atoms with van der Waals surface area (Å²) in [6, 6.07) is 3.07. The van der Waals surface area contributed by atoms with Crippen molar-refractivity contribution < 1.29 is 9.13 Å². The summed E-state index contributed by atoms with van der Waals surface area (Å²) in [5, 5.41) is 0.702. The summed E-state index contributed by atoms with van der Waals surface area (Å²) in [5.74, 6) is -0.111. The van der Waals surface area contributed by atoms with Gasteiger partial charge in [-0.15, -0.1) is 0 Å². The summed E-state index contributed by atoms with van der Waals surface area (Å²) >= 11 is 0. The predicted molar refractivity (Wildman–Crippen MR) is 64.0 cm³/mol. The lowest BCUT2D eigenvalue weighted by Crippen LogP contribution is -2.08. The molecule has 1 aromatic heterocycles. The molecule has 1 aromatic carbocycles. The smallest absolute Gasteiger partial charge is 0.165 e. The fourth-order valence-electron chi connectivity index (χ4n) is 1.67. The van der Waals surface area contributed by atoms with Crippen LogP contribution in [-0.4, -0.2) is 19.4 Å². The van der Waals surface area contributed by atoms with Crippen molar-refractivity contribution in [3.05, 3.63) is 24.1 Å². The molecule has 0 bridgehead atoms. The van der Waals surface area contributed by atoms with Crippen LogP contribution in [0.15, 0.2) is 18.3 Å². The van der Waals surface area contributed by atoms with E-state index >= 15 is 0 Å². The lowest BCUT2D eigenvalue weighted by Gasteiger charge is -2.09. The number of hydrogen-bond acceptors (Lipinski definition) is 1. The Hall–Kier alpha value is -1.45. The largest absolute Gasteiger partial charge is 0.490 e. The maximum absolute atomic E-state index is 13.7. The zero-order valence-corrected chi connectivity index (χ0v) is 9.22. The summed E-state index contributed by atoms with van der Waals surface area (Å²) in [5.41, 5.74) is 1.13. The number of halogens is 1. The van der Waals surface area contributed by atoms with Crippen molar-refractivity contribution in [2.75, 3.05) is 6.61 Å². The maximum Gasteiger partial charge on any atom is 0.165 e. The Kier molecular flexibility index (Phi) is 3.18. The summed E-state index contributed by atoms with van der Waals surface area (Å²) in [6.45, 7) is 2.59. The molecule has 82 valence electrons. The number of ether oxygens (including phenoxy) is 1. The Bertz CT molecular complexity index is 495. The first kappa shape index (κ1) is 11.1. The van der Waals surface area contributed by atoms with E-state index in [9.17, 15) is 4.39 Å². The Labute approximate surface area is 95.2 Å². The van der Waals surface area contributed by atoms with Crippen molar-refractivity contribution in [1.82, 2.24) is 4.98 Å². The molecule has 0 saturated heterocycles. The molecular formula is C12H13BFNO. The van der Waals surface area contributed by atoms with Gasteiger partial charge in [0.15, 0.2) is 11.6 Å². The molecule has 2 rings (SSSR count). The van der Waals surface area contributed by atoms with Gasteiger partial charge in [0, 0.05) is 17.1 Å². The van der Waals surface area contributed by atoms with E-state index in [1.54, 1.807) is 12.3 Å². The third-order valence-corrected chi connectivity index (χ3v) is 2.52. The Morgan fingerprint density at radius 1 is 1.50 bits per heavy atom. The zero-order valence-electron chi connectivity index (χ0n) is 9.22. The number of hydrogen-bond donors (Lipinski definition) is 1. The van der Waals surface area contributed by atoms with Gasteiger partial charge in [-0.2, -0.15) is 0 Å². The van der Waals surface area contributed by atoms with Crippen LogP contribution in [0.4, 0.5) is 4.39 Å². The van der Waals surface area contributed by atoms with Gasteiger partial charge >= 0.3 is 0 Å². The van der Waals surface area contributed by atoms with Crippen LogP contribution in [0.3, 0.4) is 0 Å². The standard InChI is InChI=1S/C12H13BFNO/c1-2-3-6-16-12-8-4-5-15-11(8)9(13)7-10(12)14/h4-5,7,15H,2-3,6H2,1H3. The molecule has 16 heavy (non-hydrogen) atoms. The number of rotatable bonds is 4. The van der Waals surface area contributed by atoms with Gasteiger partial charge in [0.05, 0.1) is 6.61 Å². The fraction of sp³-hybridized carbons (Fsp3) is 0.333. The molecule has 0 aliphatic heterocycles. The molecular weight excluding hydrogens is 204 g/mol. The summed E-state index contributed by atoms with van der Waals surface area (Å²) < 4.78 is 19.1. The number of unbranched alkanes of at least 4 members (excludes halogenated alkanes) is 1. The number of benzene rings is 1. The molecule has 0 spiro atoms. The molecule has 2 aromatic rings. The average Bonchev–Trinajstić information content (AvgIpc) is 2.72. The topological polar surface area (TPSA) is 25.0 Å². The van der Waals surface area contributed by atoms with Gasteiger partial charge < -0.3 is 9.72 Å². The van der Waals surface area contributed by atoms with Gasteiger partial charge in [-0.1, -0.05) is 18.8 Å². The van der Waals surface area contributed by atoms with Crippen molar-refractivity contribution in [3.8, 4) is 5.75 Å². The van der Waals surface area contributed by atoms with Gasteiger partial charge in [0.25, 0.3) is 0 Å². The van der Waals surface area contributed by atoms with Crippen LogP contribution in [0.1, 0.15) is 19.8 Å². The summed E-state index contributed by atoms with van der Waals surface area (Å²) in [6.07, 6.45) is 3.66. The van der Waals surface area contributed by atoms with Crippen LogP contribution in [0.25, 0.3) is 10.9 Å². The van der Waals surface area contributed by atoms with Crippen LogP contribution < -0.4 is 10.2 Å². The van der Waals surface area contributed by atoms with E-state index in [1.165, 1.54) is 6.07 Å². The van der Waals surface area contributed by atoms with Gasteiger partial charge in [0.2, 0.25) is 0 Å². The molecule has 0 aliphatic carbocycles. The van der Waals surface area contributed by atoms with E-state index in [4.69, 9.17) is 12.6 Å². The second kappa shape index (κ2) is 4.60. The van der Waals surface area contributed by atoms with Crippen molar-refractivity contribution in [3.63, 3.8) is 0 Å². The van der Waals surface area contributed by atoms with Gasteiger partial charge in [-0.3, -0.25) is 0 Å². The Morgan fingerprint density at radius 3 is 3.06 bits per heavy atom. The Balaban J connectivity index is 2.38. The number of nitrogens with one attached hydrogen (secondary N) is 1. The molecule has 4 heteroatoms. The minimum atomic E-state index is -0.402. The SMILES string of the molecule is [B]c1cc(F)c(OCCCC)c2cc[nH]c12. The van der Waals surface area contributed by atoms with Crippen molar-refractivity contribution in [2.24, 2.45) is 0 Å². The molecule has 0 fully saturated rings. The second-order valence-corrected chi connectivity index (χ2v) is 3.75. The van der Waals surface area contributed by atoms with Crippen molar-refractivity contribution >= 4 is 24.2 Å². The molecule has 1 heterocycles. The highest BCUT2D eigenvalue weighted by Gasteiger charge is 2.11. The van der Waals surface area contributed by atoms with Crippen molar-refractivity contribution in [2.45, 2.75) is 19.8 Å². The van der Waals surface area contributed by atoms with Crippen LogP contribution >= 0.6 is 0 Å². The molecule has 0 amide bonds. The number of aromatic amines is 1. The fourth-order valence-corrected chi connectivity index (χ4v) is 1.67. The van der Waals surface area contributed by atoms with Gasteiger partial charge in [0.1, 0.15) is 7.85 Å². The highest BCUT2D eigenvalue weighted by molar-refractivity contribution is 6.38. The number of fused-ring (bicyclic) bond motifs is 1. The second-order valence-electron chi connectivity index (χ2n) is 3.75. The van der Waals surface area contributed by atoms with Crippen LogP contribution in [0.5, 0.6) is 5.75 Å². The molecule has 0 unspecified atom stereocenters. The van der Waals surface area contributed by atoms with Gasteiger partial charge in [-0.25, -0.2) is 4.39 Å². The third kappa shape index (κ3) is 1.92.